The van der Waals surface area contributed by atoms with Crippen molar-refractivity contribution in [2.24, 2.45) is 0 Å². The zero-order valence-corrected chi connectivity index (χ0v) is 20.8. The summed E-state index contributed by atoms with van der Waals surface area (Å²) in [6, 6.07) is 0. The van der Waals surface area contributed by atoms with Gasteiger partial charge in [-0.3, -0.25) is 14.6 Å². The number of amides is 1. The van der Waals surface area contributed by atoms with Crippen molar-refractivity contribution in [3.05, 3.63) is 16.1 Å². The molecular formula is C20H28F6N4O6S. The number of rotatable bonds is 4. The number of carbonyl (C=O) groups excluding carboxylic acids is 1. The molecule has 17 heteroatoms. The summed E-state index contributed by atoms with van der Waals surface area (Å²) in [7, 11) is 2.06. The number of nitrogens with zero attached hydrogens (tertiary/aromatic N) is 4. The molecular weight excluding hydrogens is 538 g/mol. The van der Waals surface area contributed by atoms with Crippen LogP contribution in [0.4, 0.5) is 26.3 Å². The number of hydrogen-bond acceptors (Lipinski definition) is 8. The van der Waals surface area contributed by atoms with E-state index >= 15 is 0 Å². The number of likely N-dealkylation sites (N-methyl/N-ethyl adjacent to an activating group) is 1. The number of aliphatic hydroxyl groups excluding tert-OH is 1. The number of alkyl halides is 6. The van der Waals surface area contributed by atoms with Gasteiger partial charge in [0.1, 0.15) is 5.54 Å². The van der Waals surface area contributed by atoms with Crippen molar-refractivity contribution in [1.29, 1.82) is 0 Å². The summed E-state index contributed by atoms with van der Waals surface area (Å²) in [4.78, 5) is 41.7. The first-order chi connectivity index (χ1) is 16.9. The first-order valence-corrected chi connectivity index (χ1v) is 11.7. The van der Waals surface area contributed by atoms with Crippen LogP contribution in [-0.4, -0.2) is 117 Å². The highest BCUT2D eigenvalue weighted by molar-refractivity contribution is 7.09. The van der Waals surface area contributed by atoms with Crippen molar-refractivity contribution < 1.29 is 56.0 Å². The van der Waals surface area contributed by atoms with Crippen LogP contribution < -0.4 is 0 Å². The molecule has 2 fully saturated rings. The van der Waals surface area contributed by atoms with Gasteiger partial charge in [-0.25, -0.2) is 14.6 Å². The van der Waals surface area contributed by atoms with Crippen molar-refractivity contribution in [2.75, 3.05) is 46.4 Å². The van der Waals surface area contributed by atoms with Crippen LogP contribution >= 0.6 is 11.3 Å². The summed E-state index contributed by atoms with van der Waals surface area (Å²) in [5.41, 5.74) is 0.760. The molecule has 3 rings (SSSR count). The molecule has 3 N–H and O–H groups in total. The minimum absolute atomic E-state index is 0.0425. The number of carboxylic acid groups (broad SMARTS) is 2. The van der Waals surface area contributed by atoms with Gasteiger partial charge < -0.3 is 20.2 Å². The van der Waals surface area contributed by atoms with Crippen molar-refractivity contribution >= 4 is 29.2 Å². The fourth-order valence-electron chi connectivity index (χ4n) is 3.76. The van der Waals surface area contributed by atoms with Crippen molar-refractivity contribution in [1.82, 2.24) is 19.7 Å². The molecule has 1 aromatic heterocycles. The summed E-state index contributed by atoms with van der Waals surface area (Å²) in [5.74, 6) is -5.32. The van der Waals surface area contributed by atoms with E-state index in [9.17, 15) is 36.2 Å². The number of carboxylic acids is 2. The maximum atomic E-state index is 12.9. The van der Waals surface area contributed by atoms with Crippen LogP contribution in [0.3, 0.4) is 0 Å². The van der Waals surface area contributed by atoms with Crippen LogP contribution in [0.1, 0.15) is 23.5 Å². The van der Waals surface area contributed by atoms with Gasteiger partial charge in [-0.1, -0.05) is 0 Å². The van der Waals surface area contributed by atoms with E-state index in [2.05, 4.69) is 27.2 Å². The summed E-state index contributed by atoms with van der Waals surface area (Å²) >= 11 is 1.69. The van der Waals surface area contributed by atoms with E-state index in [1.54, 1.807) is 11.3 Å². The Labute approximate surface area is 212 Å². The van der Waals surface area contributed by atoms with E-state index < -0.39 is 24.3 Å². The van der Waals surface area contributed by atoms with Gasteiger partial charge in [-0.05, 0) is 26.8 Å². The lowest BCUT2D eigenvalue weighted by molar-refractivity contribution is -0.193. The second-order valence-electron chi connectivity index (χ2n) is 8.21. The number of β-amino-alcohol motifs (C(OH)–C–C–N with tert-alkyl or cyclic N) is 1. The third-order valence-corrected chi connectivity index (χ3v) is 6.53. The van der Waals surface area contributed by atoms with Gasteiger partial charge in [-0.15, -0.1) is 11.3 Å². The SMILES string of the molecule is Cc1nc(CN2CCC3(CC2)C(=O)N(CCO)CCN3C)cs1.O=C(O)C(F)(F)F.O=C(O)C(F)(F)F. The molecule has 0 atom stereocenters. The topological polar surface area (TPSA) is 135 Å². The molecule has 1 spiro atoms. The second kappa shape index (κ2) is 13.3. The van der Waals surface area contributed by atoms with Gasteiger partial charge in [0.05, 0.1) is 17.3 Å². The smallest absolute Gasteiger partial charge is 0.475 e. The lowest BCUT2D eigenvalue weighted by atomic mass is 9.82. The van der Waals surface area contributed by atoms with Gasteiger partial charge in [0.25, 0.3) is 0 Å². The Morgan fingerprint density at radius 3 is 1.89 bits per heavy atom. The Morgan fingerprint density at radius 1 is 1.03 bits per heavy atom. The average molecular weight is 567 g/mol. The van der Waals surface area contributed by atoms with E-state index in [1.807, 2.05) is 11.8 Å². The number of hydrogen-bond donors (Lipinski definition) is 3. The normalized spacial score (nSPS) is 18.5. The number of likely N-dealkylation sites (tertiary alicyclic amines) is 1. The molecule has 212 valence electrons. The van der Waals surface area contributed by atoms with Crippen LogP contribution in [0.15, 0.2) is 5.38 Å². The number of halogens is 6. The Kier molecular flexibility index (Phi) is 11.7. The number of aryl methyl sites for hydroxylation is 1. The number of aromatic nitrogens is 1. The van der Waals surface area contributed by atoms with Gasteiger partial charge in [0.2, 0.25) is 5.91 Å². The highest BCUT2D eigenvalue weighted by atomic mass is 32.1. The number of carbonyl (C=O) groups is 3. The van der Waals surface area contributed by atoms with Gasteiger partial charge in [0, 0.05) is 44.6 Å². The quantitative estimate of drug-likeness (QED) is 0.467. The second-order valence-corrected chi connectivity index (χ2v) is 9.27. The van der Waals surface area contributed by atoms with Gasteiger partial charge in [-0.2, -0.15) is 26.3 Å². The van der Waals surface area contributed by atoms with E-state index in [0.717, 1.165) is 56.3 Å². The number of thiazole rings is 1. The van der Waals surface area contributed by atoms with Crippen molar-refractivity contribution in [3.8, 4) is 0 Å². The molecule has 0 aromatic carbocycles. The largest absolute Gasteiger partial charge is 0.490 e. The van der Waals surface area contributed by atoms with Crippen LogP contribution in [0.2, 0.25) is 0 Å². The third-order valence-electron chi connectivity index (χ3n) is 5.71. The molecule has 10 nitrogen and oxygen atoms in total. The molecule has 0 saturated carbocycles. The minimum atomic E-state index is -5.08. The monoisotopic (exact) mass is 566 g/mol. The molecule has 0 radical (unpaired) electrons. The van der Waals surface area contributed by atoms with Crippen LogP contribution in [0, 0.1) is 6.92 Å². The highest BCUT2D eigenvalue weighted by Gasteiger charge is 2.49. The summed E-state index contributed by atoms with van der Waals surface area (Å²) in [6.07, 6.45) is -8.46. The lowest BCUT2D eigenvalue weighted by Gasteiger charge is -2.51. The number of piperidine rings is 1. The predicted molar refractivity (Wildman–Crippen MR) is 118 cm³/mol. The molecule has 3 heterocycles. The van der Waals surface area contributed by atoms with Crippen molar-refractivity contribution in [2.45, 2.75) is 44.2 Å². The number of piperazine rings is 1. The van der Waals surface area contributed by atoms with Crippen molar-refractivity contribution in [3.63, 3.8) is 0 Å². The van der Waals surface area contributed by atoms with E-state index in [4.69, 9.17) is 19.8 Å². The van der Waals surface area contributed by atoms with E-state index in [1.165, 1.54) is 0 Å². The fraction of sp³-hybridized carbons (Fsp3) is 0.700. The molecule has 37 heavy (non-hydrogen) atoms. The Balaban J connectivity index is 0.000000404. The average Bonchev–Trinajstić information content (AvgIpc) is 3.19. The maximum Gasteiger partial charge on any atom is 0.490 e. The van der Waals surface area contributed by atoms with Crippen LogP contribution in [0.25, 0.3) is 0 Å². The maximum absolute atomic E-state index is 12.9. The molecule has 2 aliphatic rings. The van der Waals surface area contributed by atoms with Crippen LogP contribution in [0.5, 0.6) is 0 Å². The fourth-order valence-corrected chi connectivity index (χ4v) is 4.37. The van der Waals surface area contributed by atoms with Gasteiger partial charge in [0.15, 0.2) is 0 Å². The zero-order valence-electron chi connectivity index (χ0n) is 20.0. The summed E-state index contributed by atoms with van der Waals surface area (Å²) in [6.45, 7) is 6.84. The predicted octanol–water partition coefficient (Wildman–Crippen LogP) is 1.82. The summed E-state index contributed by atoms with van der Waals surface area (Å²) < 4.78 is 63.5. The van der Waals surface area contributed by atoms with E-state index in [0.29, 0.717) is 6.54 Å². The molecule has 1 amide bonds. The highest BCUT2D eigenvalue weighted by Crippen LogP contribution is 2.33. The zero-order chi connectivity index (χ0) is 28.6. The van der Waals surface area contributed by atoms with E-state index in [-0.39, 0.29) is 18.1 Å². The molecule has 0 aliphatic carbocycles. The summed E-state index contributed by atoms with van der Waals surface area (Å²) in [5, 5.41) is 26.7. The van der Waals surface area contributed by atoms with Gasteiger partial charge >= 0.3 is 24.3 Å². The molecule has 0 unspecified atom stereocenters. The number of aliphatic carboxylic acids is 2. The molecule has 2 saturated heterocycles. The minimum Gasteiger partial charge on any atom is -0.475 e. The number of aliphatic hydroxyl groups is 1. The van der Waals surface area contributed by atoms with Crippen LogP contribution in [-0.2, 0) is 20.9 Å². The Bertz CT molecular complexity index is 894. The first-order valence-electron chi connectivity index (χ1n) is 10.8. The molecule has 0 bridgehead atoms. The first kappa shape index (κ1) is 32.5. The Hall–Kier alpha value is -2.50. The molecule has 1 aromatic rings. The molecule has 2 aliphatic heterocycles. The third kappa shape index (κ3) is 9.71. The lowest BCUT2D eigenvalue weighted by Crippen LogP contribution is -2.67. The standard InChI is InChI=1S/C16H26N4O2S.2C2HF3O2/c1-13-17-14(12-23-13)11-19-5-3-16(4-6-19)15(22)20(9-10-21)8-7-18(16)2;2*3-2(4,5)1(6)7/h12,21H,3-11H2,1-2H3;2*(H,6,7). The Morgan fingerprint density at radius 2 is 1.51 bits per heavy atom.